The summed E-state index contributed by atoms with van der Waals surface area (Å²) in [5.74, 6) is 0.156. The number of allylic oxidation sites excluding steroid dienone is 2. The number of hydrogen-bond acceptors (Lipinski definition) is 4. The predicted molar refractivity (Wildman–Crippen MR) is 116 cm³/mol. The van der Waals surface area contributed by atoms with Gasteiger partial charge in [0.1, 0.15) is 5.58 Å². The minimum atomic E-state index is -0.179. The Hall–Kier alpha value is -3.41. The van der Waals surface area contributed by atoms with Gasteiger partial charge in [-0.05, 0) is 55.7 Å². The molecule has 154 valence electrons. The van der Waals surface area contributed by atoms with Crippen molar-refractivity contribution in [1.82, 2.24) is 9.88 Å². The summed E-state index contributed by atoms with van der Waals surface area (Å²) in [6.45, 7) is 0.546. The Morgan fingerprint density at radius 1 is 1.20 bits per heavy atom. The smallest absolute Gasteiger partial charge is 0.289 e. The third-order valence-electron chi connectivity index (χ3n) is 5.41. The van der Waals surface area contributed by atoms with Crippen molar-refractivity contribution < 1.29 is 14.0 Å². The molecule has 6 heteroatoms. The molecule has 0 fully saturated rings. The van der Waals surface area contributed by atoms with Gasteiger partial charge in [-0.15, -0.1) is 0 Å². The number of fused-ring (bicyclic) bond motifs is 1. The minimum absolute atomic E-state index is 0.0138. The third-order valence-corrected chi connectivity index (χ3v) is 5.41. The van der Waals surface area contributed by atoms with E-state index in [2.05, 4.69) is 22.5 Å². The van der Waals surface area contributed by atoms with Crippen LogP contribution >= 0.6 is 0 Å². The Balaban J connectivity index is 1.41. The lowest BCUT2D eigenvalue weighted by Crippen LogP contribution is -2.28. The van der Waals surface area contributed by atoms with Crippen LogP contribution in [0.2, 0.25) is 0 Å². The molecule has 1 aromatic carbocycles. The molecule has 30 heavy (non-hydrogen) atoms. The van der Waals surface area contributed by atoms with Gasteiger partial charge in [0, 0.05) is 48.9 Å². The highest BCUT2D eigenvalue weighted by Crippen LogP contribution is 2.25. The molecule has 0 saturated carbocycles. The lowest BCUT2D eigenvalue weighted by atomic mass is 9.93. The van der Waals surface area contributed by atoms with Crippen LogP contribution in [-0.4, -0.2) is 35.3 Å². The summed E-state index contributed by atoms with van der Waals surface area (Å²) in [7, 11) is 1.75. The summed E-state index contributed by atoms with van der Waals surface area (Å²) in [6.07, 6.45) is 9.21. The van der Waals surface area contributed by atoms with Crippen molar-refractivity contribution in [3.8, 4) is 0 Å². The number of carbonyl (C=O) groups excluding carboxylic acids is 2. The van der Waals surface area contributed by atoms with Crippen molar-refractivity contribution in [2.45, 2.75) is 25.7 Å². The fourth-order valence-corrected chi connectivity index (χ4v) is 3.62. The number of rotatable bonds is 6. The number of amides is 2. The normalized spacial score (nSPS) is 15.8. The van der Waals surface area contributed by atoms with Gasteiger partial charge in [-0.25, -0.2) is 0 Å². The molecule has 2 amide bonds. The fourth-order valence-electron chi connectivity index (χ4n) is 3.62. The van der Waals surface area contributed by atoms with E-state index < -0.39 is 0 Å². The second kappa shape index (κ2) is 8.95. The second-order valence-electron chi connectivity index (χ2n) is 7.63. The molecule has 6 nitrogen and oxygen atoms in total. The number of anilines is 1. The summed E-state index contributed by atoms with van der Waals surface area (Å²) in [5.41, 5.74) is 2.27. The van der Waals surface area contributed by atoms with E-state index in [1.807, 2.05) is 24.3 Å². The fraction of sp³-hybridized carbons (Fsp3) is 0.292. The van der Waals surface area contributed by atoms with Gasteiger partial charge in [0.25, 0.3) is 5.91 Å². The van der Waals surface area contributed by atoms with Gasteiger partial charge in [-0.3, -0.25) is 14.6 Å². The molecule has 3 aromatic rings. The van der Waals surface area contributed by atoms with Gasteiger partial charge < -0.3 is 14.6 Å². The van der Waals surface area contributed by atoms with Crippen LogP contribution in [0.15, 0.2) is 65.2 Å². The highest BCUT2D eigenvalue weighted by Gasteiger charge is 2.20. The summed E-state index contributed by atoms with van der Waals surface area (Å²) in [4.78, 5) is 31.1. The van der Waals surface area contributed by atoms with Crippen molar-refractivity contribution in [1.29, 1.82) is 0 Å². The van der Waals surface area contributed by atoms with Gasteiger partial charge in [-0.2, -0.15) is 0 Å². The first kappa shape index (κ1) is 19.9. The van der Waals surface area contributed by atoms with Gasteiger partial charge in [0.05, 0.1) is 0 Å². The van der Waals surface area contributed by atoms with Crippen molar-refractivity contribution in [2.75, 3.05) is 18.9 Å². The molecule has 0 spiro atoms. The molecule has 1 atom stereocenters. The van der Waals surface area contributed by atoms with E-state index in [9.17, 15) is 9.59 Å². The monoisotopic (exact) mass is 403 g/mol. The molecule has 1 unspecified atom stereocenters. The number of pyridine rings is 1. The molecular weight excluding hydrogens is 378 g/mol. The van der Waals surface area contributed by atoms with Crippen LogP contribution < -0.4 is 5.32 Å². The average Bonchev–Trinajstić information content (AvgIpc) is 3.21. The molecular formula is C24H25N3O3. The number of aromatic nitrogens is 1. The molecule has 1 N–H and O–H groups in total. The van der Waals surface area contributed by atoms with E-state index in [-0.39, 0.29) is 23.5 Å². The topological polar surface area (TPSA) is 75.4 Å². The molecule has 0 saturated heterocycles. The molecule has 0 radical (unpaired) electrons. The van der Waals surface area contributed by atoms with Crippen LogP contribution in [0.3, 0.4) is 0 Å². The Bertz CT molecular complexity index is 1070. The quantitative estimate of drug-likeness (QED) is 0.618. The number of carbonyl (C=O) groups is 2. The van der Waals surface area contributed by atoms with E-state index in [0.717, 1.165) is 30.3 Å². The van der Waals surface area contributed by atoms with Crippen LogP contribution in [0, 0.1) is 5.92 Å². The lowest BCUT2D eigenvalue weighted by molar-refractivity contribution is -0.120. The van der Waals surface area contributed by atoms with E-state index in [4.69, 9.17) is 4.42 Å². The maximum Gasteiger partial charge on any atom is 0.289 e. The standard InChI is InChI=1S/C24H25N3O3/c1-27(14-12-19-9-5-6-13-25-19)24(29)22-16-18-15-20(10-11-21(18)30-22)26-23(28)17-7-3-2-4-8-17/h2-3,5-6,9-11,13,15-17H,4,7-8,12,14H2,1H3,(H,26,28). The Morgan fingerprint density at radius 3 is 2.87 bits per heavy atom. The number of benzene rings is 1. The highest BCUT2D eigenvalue weighted by molar-refractivity contribution is 5.98. The van der Waals surface area contributed by atoms with Crippen molar-refractivity contribution >= 4 is 28.5 Å². The minimum Gasteiger partial charge on any atom is -0.451 e. The number of hydrogen-bond donors (Lipinski definition) is 1. The van der Waals surface area contributed by atoms with Gasteiger partial charge in [0.2, 0.25) is 5.91 Å². The van der Waals surface area contributed by atoms with Crippen molar-refractivity contribution in [3.05, 3.63) is 72.3 Å². The van der Waals surface area contributed by atoms with Gasteiger partial charge >= 0.3 is 0 Å². The van der Waals surface area contributed by atoms with Gasteiger partial charge in [-0.1, -0.05) is 18.2 Å². The number of nitrogens with zero attached hydrogens (tertiary/aromatic N) is 2. The first-order valence-corrected chi connectivity index (χ1v) is 10.2. The van der Waals surface area contributed by atoms with Crippen molar-refractivity contribution in [2.24, 2.45) is 5.92 Å². The molecule has 1 aliphatic rings. The molecule has 0 aliphatic heterocycles. The van der Waals surface area contributed by atoms with E-state index in [1.165, 1.54) is 0 Å². The number of nitrogens with one attached hydrogen (secondary N) is 1. The van der Waals surface area contributed by atoms with Crippen LogP contribution in [0.25, 0.3) is 11.0 Å². The van der Waals surface area contributed by atoms with Crippen LogP contribution in [0.1, 0.15) is 35.5 Å². The second-order valence-corrected chi connectivity index (χ2v) is 7.63. The van der Waals surface area contributed by atoms with Crippen LogP contribution in [-0.2, 0) is 11.2 Å². The zero-order valence-electron chi connectivity index (χ0n) is 17.0. The summed E-state index contributed by atoms with van der Waals surface area (Å²) < 4.78 is 5.75. The largest absolute Gasteiger partial charge is 0.451 e. The van der Waals surface area contributed by atoms with Crippen molar-refractivity contribution in [3.63, 3.8) is 0 Å². The maximum atomic E-state index is 12.7. The van der Waals surface area contributed by atoms with Gasteiger partial charge in [0.15, 0.2) is 5.76 Å². The SMILES string of the molecule is CN(CCc1ccccn1)C(=O)c1cc2cc(NC(=O)C3CC=CCC3)ccc2o1. The third kappa shape index (κ3) is 4.59. The summed E-state index contributed by atoms with van der Waals surface area (Å²) in [5, 5.41) is 3.78. The number of furan rings is 1. The van der Waals surface area contributed by atoms with Crippen LogP contribution in [0.4, 0.5) is 5.69 Å². The molecule has 2 aromatic heterocycles. The highest BCUT2D eigenvalue weighted by atomic mass is 16.3. The Kier molecular flexibility index (Phi) is 5.93. The van der Waals surface area contributed by atoms with E-state index >= 15 is 0 Å². The zero-order chi connectivity index (χ0) is 20.9. The lowest BCUT2D eigenvalue weighted by Gasteiger charge is -2.17. The number of likely N-dealkylation sites (N-methyl/N-ethyl adjacent to an activating group) is 1. The first-order chi connectivity index (χ1) is 14.6. The predicted octanol–water partition coefficient (Wildman–Crippen LogP) is 4.44. The average molecular weight is 403 g/mol. The molecule has 2 heterocycles. The molecule has 0 bridgehead atoms. The van der Waals surface area contributed by atoms with E-state index in [0.29, 0.717) is 24.2 Å². The maximum absolute atomic E-state index is 12.7. The molecule has 4 rings (SSSR count). The Labute approximate surface area is 175 Å². The first-order valence-electron chi connectivity index (χ1n) is 10.2. The summed E-state index contributed by atoms with van der Waals surface area (Å²) in [6, 6.07) is 12.9. The Morgan fingerprint density at radius 2 is 2.10 bits per heavy atom. The molecule has 1 aliphatic carbocycles. The van der Waals surface area contributed by atoms with Crippen LogP contribution in [0.5, 0.6) is 0 Å². The van der Waals surface area contributed by atoms with E-state index in [1.54, 1.807) is 36.3 Å². The zero-order valence-corrected chi connectivity index (χ0v) is 17.0. The summed E-state index contributed by atoms with van der Waals surface area (Å²) >= 11 is 0.